The second-order valence-corrected chi connectivity index (χ2v) is 7.59. The number of aromatic nitrogens is 2. The van der Waals surface area contributed by atoms with Crippen LogP contribution in [0, 0.1) is 6.92 Å². The zero-order chi connectivity index (χ0) is 17.8. The fraction of sp³-hybridized carbons (Fsp3) is 0.474. The van der Waals surface area contributed by atoms with Crippen molar-refractivity contribution in [2.24, 2.45) is 5.73 Å². The Balaban J connectivity index is 1.79. The number of anilines is 2. The molecule has 132 valence electrons. The van der Waals surface area contributed by atoms with E-state index in [9.17, 15) is 4.79 Å². The van der Waals surface area contributed by atoms with Gasteiger partial charge in [0.1, 0.15) is 5.82 Å². The van der Waals surface area contributed by atoms with Gasteiger partial charge in [0.25, 0.3) is 5.91 Å². The molecule has 0 radical (unpaired) electrons. The molecule has 4 rings (SSSR count). The Morgan fingerprint density at radius 3 is 3.04 bits per heavy atom. The van der Waals surface area contributed by atoms with E-state index in [2.05, 4.69) is 22.5 Å². The van der Waals surface area contributed by atoms with Crippen molar-refractivity contribution in [1.82, 2.24) is 9.78 Å². The summed E-state index contributed by atoms with van der Waals surface area (Å²) in [5.41, 5.74) is 16.8. The van der Waals surface area contributed by atoms with E-state index in [0.29, 0.717) is 18.7 Å². The van der Waals surface area contributed by atoms with Crippen LogP contribution in [0.5, 0.6) is 0 Å². The van der Waals surface area contributed by atoms with Gasteiger partial charge in [-0.2, -0.15) is 9.78 Å². The normalized spacial score (nSPS) is 25.0. The van der Waals surface area contributed by atoms with E-state index in [-0.39, 0.29) is 11.9 Å². The van der Waals surface area contributed by atoms with E-state index in [1.165, 1.54) is 4.68 Å². The van der Waals surface area contributed by atoms with E-state index >= 15 is 0 Å². The molecule has 0 amide bonds. The van der Waals surface area contributed by atoms with E-state index in [0.717, 1.165) is 47.5 Å². The van der Waals surface area contributed by atoms with Gasteiger partial charge in [-0.05, 0) is 44.7 Å². The van der Waals surface area contributed by atoms with Crippen molar-refractivity contribution in [3.63, 3.8) is 0 Å². The van der Waals surface area contributed by atoms with Gasteiger partial charge in [-0.15, -0.1) is 0 Å². The van der Waals surface area contributed by atoms with Gasteiger partial charge in [-0.3, -0.25) is 4.79 Å². The van der Waals surface area contributed by atoms with Crippen molar-refractivity contribution in [3.8, 4) is 0 Å². The smallest absolute Gasteiger partial charge is 0.259 e. The first kappa shape index (κ1) is 16.1. The number of hydrogen-bond acceptors (Lipinski definition) is 5. The van der Waals surface area contributed by atoms with Crippen LogP contribution in [-0.4, -0.2) is 28.3 Å². The van der Waals surface area contributed by atoms with Crippen molar-refractivity contribution in [2.45, 2.75) is 51.0 Å². The lowest BCUT2D eigenvalue weighted by Crippen LogP contribution is -2.42. The van der Waals surface area contributed by atoms with Crippen molar-refractivity contribution in [3.05, 3.63) is 40.6 Å². The number of aryl methyl sites for hydroxylation is 1. The molecule has 0 spiro atoms. The van der Waals surface area contributed by atoms with E-state index in [4.69, 9.17) is 11.5 Å². The minimum Gasteiger partial charge on any atom is -0.385 e. The minimum atomic E-state index is -0.641. The molecule has 1 aromatic carbocycles. The molecule has 2 unspecified atom stereocenters. The van der Waals surface area contributed by atoms with Crippen LogP contribution in [0.15, 0.2) is 18.2 Å². The van der Waals surface area contributed by atoms with Gasteiger partial charge in [-0.1, -0.05) is 17.7 Å². The topological polar surface area (TPSA) is 99.0 Å². The largest absolute Gasteiger partial charge is 0.385 e. The molecule has 1 aromatic heterocycles. The van der Waals surface area contributed by atoms with Crippen LogP contribution in [0.2, 0.25) is 0 Å². The molecule has 1 aliphatic heterocycles. The number of carbonyl (C=O) groups excluding carboxylic acids is 1. The summed E-state index contributed by atoms with van der Waals surface area (Å²) in [5, 5.41) is 7.95. The van der Waals surface area contributed by atoms with Crippen molar-refractivity contribution < 1.29 is 4.79 Å². The minimum absolute atomic E-state index is 0.0543. The molecular formula is C19H25N5O. The second kappa shape index (κ2) is 5.59. The van der Waals surface area contributed by atoms with Gasteiger partial charge >= 0.3 is 0 Å². The number of nitrogen functional groups attached to an aromatic ring is 1. The standard InChI is InChI=1S/C19H25N5O/c1-11-3-6-15-14(9-11)19(2,7-8-22-15)18(25)24-17(21)13-5-4-12(20)10-16(13)23-24/h3,6,9,12,22H,4-5,7-8,10,20-21H2,1-2H3. The predicted molar refractivity (Wildman–Crippen MR) is 98.9 cm³/mol. The molecule has 2 atom stereocenters. The molecule has 0 saturated carbocycles. The maximum absolute atomic E-state index is 13.5. The van der Waals surface area contributed by atoms with Crippen molar-refractivity contribution in [2.75, 3.05) is 17.6 Å². The molecule has 25 heavy (non-hydrogen) atoms. The first-order valence-electron chi connectivity index (χ1n) is 8.92. The van der Waals surface area contributed by atoms with Gasteiger partial charge in [0.05, 0.1) is 11.1 Å². The van der Waals surface area contributed by atoms with Crippen LogP contribution in [0.1, 0.15) is 46.9 Å². The summed E-state index contributed by atoms with van der Waals surface area (Å²) in [6.07, 6.45) is 3.09. The van der Waals surface area contributed by atoms with Crippen LogP contribution in [0.25, 0.3) is 0 Å². The Bertz CT molecular complexity index is 856. The SMILES string of the molecule is Cc1ccc2c(c1)C(C)(C(=O)n1nc3c(c1N)CCC(N)C3)CCN2. The second-order valence-electron chi connectivity index (χ2n) is 7.59. The summed E-state index contributed by atoms with van der Waals surface area (Å²) in [5.74, 6) is 0.433. The van der Waals surface area contributed by atoms with E-state index < -0.39 is 5.41 Å². The van der Waals surface area contributed by atoms with Gasteiger partial charge in [0.15, 0.2) is 0 Å². The van der Waals surface area contributed by atoms with Crippen LogP contribution >= 0.6 is 0 Å². The Hall–Kier alpha value is -2.34. The Morgan fingerprint density at radius 2 is 2.24 bits per heavy atom. The molecule has 2 aliphatic rings. The van der Waals surface area contributed by atoms with Crippen molar-refractivity contribution >= 4 is 17.4 Å². The lowest BCUT2D eigenvalue weighted by molar-refractivity contribution is 0.0785. The molecule has 6 heteroatoms. The van der Waals surface area contributed by atoms with Crippen LogP contribution in [-0.2, 0) is 18.3 Å². The van der Waals surface area contributed by atoms with E-state index in [1.54, 1.807) is 0 Å². The Kier molecular flexibility index (Phi) is 3.61. The fourth-order valence-corrected chi connectivity index (χ4v) is 4.09. The highest BCUT2D eigenvalue weighted by Crippen LogP contribution is 2.39. The molecule has 1 aliphatic carbocycles. The first-order chi connectivity index (χ1) is 11.9. The van der Waals surface area contributed by atoms with Crippen molar-refractivity contribution in [1.29, 1.82) is 0 Å². The molecule has 0 bridgehead atoms. The number of rotatable bonds is 1. The number of hydrogen-bond donors (Lipinski definition) is 3. The third-order valence-electron chi connectivity index (χ3n) is 5.70. The van der Waals surface area contributed by atoms with Crippen LogP contribution in [0.4, 0.5) is 11.5 Å². The monoisotopic (exact) mass is 339 g/mol. The van der Waals surface area contributed by atoms with Gasteiger partial charge in [-0.25, -0.2) is 0 Å². The maximum atomic E-state index is 13.5. The number of nitrogens with zero attached hydrogens (tertiary/aromatic N) is 2. The summed E-state index contributed by atoms with van der Waals surface area (Å²) in [6, 6.07) is 6.30. The quantitative estimate of drug-likeness (QED) is 0.738. The highest BCUT2D eigenvalue weighted by Gasteiger charge is 2.42. The predicted octanol–water partition coefficient (Wildman–Crippen LogP) is 2.00. The third-order valence-corrected chi connectivity index (χ3v) is 5.70. The van der Waals surface area contributed by atoms with Crippen LogP contribution in [0.3, 0.4) is 0 Å². The highest BCUT2D eigenvalue weighted by atomic mass is 16.2. The zero-order valence-corrected chi connectivity index (χ0v) is 14.8. The first-order valence-corrected chi connectivity index (χ1v) is 8.92. The highest BCUT2D eigenvalue weighted by molar-refractivity contribution is 5.94. The fourth-order valence-electron chi connectivity index (χ4n) is 4.09. The molecular weight excluding hydrogens is 314 g/mol. The molecule has 0 fully saturated rings. The van der Waals surface area contributed by atoms with Gasteiger partial charge in [0, 0.05) is 30.3 Å². The number of benzene rings is 1. The summed E-state index contributed by atoms with van der Waals surface area (Å²) < 4.78 is 1.43. The zero-order valence-electron chi connectivity index (χ0n) is 14.8. The number of carbonyl (C=O) groups is 1. The summed E-state index contributed by atoms with van der Waals surface area (Å²) in [4.78, 5) is 13.5. The molecule has 2 aromatic rings. The maximum Gasteiger partial charge on any atom is 0.259 e. The lowest BCUT2D eigenvalue weighted by Gasteiger charge is -2.35. The number of nitrogens with two attached hydrogens (primary N) is 2. The summed E-state index contributed by atoms with van der Waals surface area (Å²) >= 11 is 0. The molecule has 6 nitrogen and oxygen atoms in total. The summed E-state index contributed by atoms with van der Waals surface area (Å²) in [7, 11) is 0. The molecule has 5 N–H and O–H groups in total. The molecule has 2 heterocycles. The number of fused-ring (bicyclic) bond motifs is 2. The molecule has 0 saturated heterocycles. The average Bonchev–Trinajstić information content (AvgIpc) is 2.91. The Morgan fingerprint density at radius 1 is 1.44 bits per heavy atom. The van der Waals surface area contributed by atoms with Gasteiger partial charge < -0.3 is 16.8 Å². The Labute approximate surface area is 147 Å². The summed E-state index contributed by atoms with van der Waals surface area (Å²) in [6.45, 7) is 4.80. The number of nitrogens with one attached hydrogen (secondary N) is 1. The average molecular weight is 339 g/mol. The van der Waals surface area contributed by atoms with Gasteiger partial charge in [0.2, 0.25) is 0 Å². The third kappa shape index (κ3) is 2.43. The lowest BCUT2D eigenvalue weighted by atomic mass is 9.75. The van der Waals surface area contributed by atoms with E-state index in [1.807, 2.05) is 19.9 Å². The van der Waals surface area contributed by atoms with Crippen LogP contribution < -0.4 is 16.8 Å².